The van der Waals surface area contributed by atoms with E-state index in [1.165, 1.54) is 11.3 Å². The number of carbonyl (C=O) groups excluding carboxylic acids is 1. The Morgan fingerprint density at radius 2 is 2.14 bits per heavy atom. The van der Waals surface area contributed by atoms with Gasteiger partial charge in [0, 0.05) is 17.3 Å². The minimum Gasteiger partial charge on any atom is -0.480 e. The summed E-state index contributed by atoms with van der Waals surface area (Å²) in [5.74, 6) is -0.426. The van der Waals surface area contributed by atoms with Crippen LogP contribution in [0.15, 0.2) is 17.5 Å². The molecule has 1 N–H and O–H groups in total. The lowest BCUT2D eigenvalue weighted by Crippen LogP contribution is -2.46. The number of likely N-dealkylation sites (tertiary alicyclic amines) is 1. The number of hydrogen-bond donors (Lipinski definition) is 1. The number of amides is 1. The number of carbonyl (C=O) groups is 2. The third-order valence-corrected chi connectivity index (χ3v) is 5.76. The standard InChI is InChI=1S/C16H21NO3S/c18-15(8-7-12-5-3-9-21-12)17-13-6-2-1-4-11(13)10-14(17)16(19)20/h3,5,9,11,13-14H,1-2,4,6-8,10H2,(H,19,20). The summed E-state index contributed by atoms with van der Waals surface area (Å²) in [6.45, 7) is 0. The molecule has 114 valence electrons. The molecule has 0 spiro atoms. The predicted molar refractivity (Wildman–Crippen MR) is 81.3 cm³/mol. The van der Waals surface area contributed by atoms with Crippen molar-refractivity contribution in [3.8, 4) is 0 Å². The highest BCUT2D eigenvalue weighted by Crippen LogP contribution is 2.40. The molecule has 21 heavy (non-hydrogen) atoms. The van der Waals surface area contributed by atoms with Crippen molar-refractivity contribution < 1.29 is 14.7 Å². The Morgan fingerprint density at radius 3 is 2.86 bits per heavy atom. The molecule has 1 saturated carbocycles. The first-order valence-corrected chi connectivity index (χ1v) is 8.61. The van der Waals surface area contributed by atoms with Crippen molar-refractivity contribution in [2.24, 2.45) is 5.92 Å². The molecule has 3 atom stereocenters. The predicted octanol–water partition coefficient (Wildman–Crippen LogP) is 2.93. The summed E-state index contributed by atoms with van der Waals surface area (Å²) in [6, 6.07) is 3.57. The third-order valence-electron chi connectivity index (χ3n) is 4.83. The van der Waals surface area contributed by atoms with Crippen molar-refractivity contribution in [3.05, 3.63) is 22.4 Å². The molecule has 1 saturated heterocycles. The van der Waals surface area contributed by atoms with Gasteiger partial charge in [0.25, 0.3) is 0 Å². The number of carboxylic acid groups (broad SMARTS) is 1. The highest BCUT2D eigenvalue weighted by atomic mass is 32.1. The van der Waals surface area contributed by atoms with Gasteiger partial charge in [-0.3, -0.25) is 4.79 Å². The lowest BCUT2D eigenvalue weighted by Gasteiger charge is -2.33. The van der Waals surface area contributed by atoms with Crippen LogP contribution < -0.4 is 0 Å². The van der Waals surface area contributed by atoms with Gasteiger partial charge < -0.3 is 10.0 Å². The van der Waals surface area contributed by atoms with Crippen LogP contribution in [0.4, 0.5) is 0 Å². The molecule has 3 unspecified atom stereocenters. The Hall–Kier alpha value is -1.36. The van der Waals surface area contributed by atoms with Crippen molar-refractivity contribution in [1.82, 2.24) is 4.90 Å². The van der Waals surface area contributed by atoms with Gasteiger partial charge in [0.2, 0.25) is 5.91 Å². The molecule has 1 aliphatic carbocycles. The summed E-state index contributed by atoms with van der Waals surface area (Å²) in [5, 5.41) is 11.4. The molecule has 3 rings (SSSR count). The maximum atomic E-state index is 12.6. The molecule has 1 amide bonds. The Morgan fingerprint density at radius 1 is 1.33 bits per heavy atom. The van der Waals surface area contributed by atoms with Gasteiger partial charge in [0.05, 0.1) is 0 Å². The minimum absolute atomic E-state index is 0.0187. The second kappa shape index (κ2) is 6.18. The quantitative estimate of drug-likeness (QED) is 0.930. The van der Waals surface area contributed by atoms with Crippen LogP contribution >= 0.6 is 11.3 Å². The number of nitrogens with zero attached hydrogens (tertiary/aromatic N) is 1. The Labute approximate surface area is 128 Å². The normalized spacial score (nSPS) is 28.4. The molecule has 0 radical (unpaired) electrons. The van der Waals surface area contributed by atoms with Gasteiger partial charge in [-0.1, -0.05) is 18.9 Å². The van der Waals surface area contributed by atoms with E-state index in [1.807, 2.05) is 17.5 Å². The third kappa shape index (κ3) is 2.98. The molecule has 1 aromatic heterocycles. The number of fused-ring (bicyclic) bond motifs is 1. The van der Waals surface area contributed by atoms with Crippen LogP contribution in [-0.4, -0.2) is 34.0 Å². The highest BCUT2D eigenvalue weighted by Gasteiger charge is 2.47. The van der Waals surface area contributed by atoms with E-state index in [9.17, 15) is 14.7 Å². The van der Waals surface area contributed by atoms with Gasteiger partial charge in [-0.05, 0) is 43.0 Å². The molecular weight excluding hydrogens is 286 g/mol. The van der Waals surface area contributed by atoms with Crippen molar-refractivity contribution in [3.63, 3.8) is 0 Å². The van der Waals surface area contributed by atoms with E-state index in [0.717, 1.165) is 25.7 Å². The van der Waals surface area contributed by atoms with E-state index in [1.54, 1.807) is 16.2 Å². The van der Waals surface area contributed by atoms with E-state index in [-0.39, 0.29) is 11.9 Å². The molecule has 0 bridgehead atoms. The Balaban J connectivity index is 1.70. The van der Waals surface area contributed by atoms with Crippen LogP contribution in [0.1, 0.15) is 43.4 Å². The van der Waals surface area contributed by atoms with E-state index in [2.05, 4.69) is 0 Å². The second-order valence-corrected chi connectivity index (χ2v) is 7.11. The van der Waals surface area contributed by atoms with Crippen LogP contribution in [0, 0.1) is 5.92 Å². The SMILES string of the molecule is O=C(O)C1CC2CCCCC2N1C(=O)CCc1cccs1. The first-order chi connectivity index (χ1) is 10.2. The number of hydrogen-bond acceptors (Lipinski definition) is 3. The molecule has 1 aliphatic heterocycles. The second-order valence-electron chi connectivity index (χ2n) is 6.08. The highest BCUT2D eigenvalue weighted by molar-refractivity contribution is 7.09. The van der Waals surface area contributed by atoms with Crippen molar-refractivity contribution in [2.45, 2.75) is 57.0 Å². The number of aliphatic carboxylic acids is 1. The maximum Gasteiger partial charge on any atom is 0.326 e. The van der Waals surface area contributed by atoms with Crippen molar-refractivity contribution in [2.75, 3.05) is 0 Å². The maximum absolute atomic E-state index is 12.6. The number of carboxylic acids is 1. The topological polar surface area (TPSA) is 57.6 Å². The summed E-state index contributed by atoms with van der Waals surface area (Å²) in [4.78, 5) is 27.0. The molecule has 0 aromatic carbocycles. The first kappa shape index (κ1) is 14.6. The van der Waals surface area contributed by atoms with Crippen molar-refractivity contribution in [1.29, 1.82) is 0 Å². The Bertz CT molecular complexity index is 514. The molecule has 2 fully saturated rings. The lowest BCUT2D eigenvalue weighted by molar-refractivity contribution is -0.149. The van der Waals surface area contributed by atoms with Crippen LogP contribution in [0.5, 0.6) is 0 Å². The van der Waals surface area contributed by atoms with Gasteiger partial charge in [-0.15, -0.1) is 11.3 Å². The first-order valence-electron chi connectivity index (χ1n) is 7.73. The average Bonchev–Trinajstić information content (AvgIpc) is 3.11. The zero-order chi connectivity index (χ0) is 14.8. The molecular formula is C16H21NO3S. The van der Waals surface area contributed by atoms with Crippen LogP contribution in [0.2, 0.25) is 0 Å². The van der Waals surface area contributed by atoms with Crippen LogP contribution in [-0.2, 0) is 16.0 Å². The zero-order valence-electron chi connectivity index (χ0n) is 12.0. The van der Waals surface area contributed by atoms with Gasteiger partial charge in [-0.2, -0.15) is 0 Å². The smallest absolute Gasteiger partial charge is 0.326 e. The average molecular weight is 307 g/mol. The lowest BCUT2D eigenvalue weighted by atomic mass is 9.84. The summed E-state index contributed by atoms with van der Waals surface area (Å²) >= 11 is 1.65. The van der Waals surface area contributed by atoms with E-state index >= 15 is 0 Å². The van der Waals surface area contributed by atoms with E-state index < -0.39 is 12.0 Å². The fourth-order valence-electron chi connectivity index (χ4n) is 3.85. The van der Waals surface area contributed by atoms with E-state index in [4.69, 9.17) is 0 Å². The number of thiophene rings is 1. The molecule has 2 heterocycles. The number of aryl methyl sites for hydroxylation is 1. The summed E-state index contributed by atoms with van der Waals surface area (Å²) in [7, 11) is 0. The van der Waals surface area contributed by atoms with Gasteiger partial charge in [0.1, 0.15) is 6.04 Å². The van der Waals surface area contributed by atoms with Crippen LogP contribution in [0.25, 0.3) is 0 Å². The fourth-order valence-corrected chi connectivity index (χ4v) is 4.56. The molecule has 4 nitrogen and oxygen atoms in total. The number of rotatable bonds is 4. The summed E-state index contributed by atoms with van der Waals surface area (Å²) in [6.07, 6.45) is 6.12. The monoisotopic (exact) mass is 307 g/mol. The van der Waals surface area contributed by atoms with Crippen LogP contribution in [0.3, 0.4) is 0 Å². The van der Waals surface area contributed by atoms with Gasteiger partial charge in [0.15, 0.2) is 0 Å². The van der Waals surface area contributed by atoms with Crippen molar-refractivity contribution >= 4 is 23.2 Å². The van der Waals surface area contributed by atoms with Gasteiger partial charge >= 0.3 is 5.97 Å². The molecule has 1 aromatic rings. The minimum atomic E-state index is -0.839. The fraction of sp³-hybridized carbons (Fsp3) is 0.625. The zero-order valence-corrected chi connectivity index (χ0v) is 12.8. The Kier molecular flexibility index (Phi) is 4.29. The molecule has 2 aliphatic rings. The van der Waals surface area contributed by atoms with Gasteiger partial charge in [-0.25, -0.2) is 4.79 Å². The van der Waals surface area contributed by atoms with E-state index in [0.29, 0.717) is 18.8 Å². The largest absolute Gasteiger partial charge is 0.480 e. The summed E-state index contributed by atoms with van der Waals surface area (Å²) in [5.41, 5.74) is 0. The summed E-state index contributed by atoms with van der Waals surface area (Å²) < 4.78 is 0. The molecule has 5 heteroatoms.